The van der Waals surface area contributed by atoms with E-state index >= 15 is 0 Å². The molecule has 6 heteroatoms. The summed E-state index contributed by atoms with van der Waals surface area (Å²) in [5.41, 5.74) is 0.0946. The molecule has 0 aromatic heterocycles. The van der Waals surface area contributed by atoms with Crippen molar-refractivity contribution in [3.63, 3.8) is 0 Å². The third-order valence-electron chi connectivity index (χ3n) is 2.94. The molecule has 96 valence electrons. The zero-order valence-electron chi connectivity index (χ0n) is 10.5. The number of carbonyl (C=O) groups excluding carboxylic acids is 1. The van der Waals surface area contributed by atoms with E-state index in [1.807, 2.05) is 0 Å². The highest BCUT2D eigenvalue weighted by molar-refractivity contribution is 6.37. The summed E-state index contributed by atoms with van der Waals surface area (Å²) < 4.78 is 0.926. The second-order valence-electron chi connectivity index (χ2n) is 3.92. The number of rotatable bonds is 6. The van der Waals surface area contributed by atoms with Crippen molar-refractivity contribution in [1.82, 2.24) is 5.32 Å². The van der Waals surface area contributed by atoms with Gasteiger partial charge in [-0.3, -0.25) is 4.79 Å². The molecule has 0 unspecified atom stereocenters. The van der Waals surface area contributed by atoms with Crippen LogP contribution in [0.25, 0.3) is 0 Å². The van der Waals surface area contributed by atoms with Gasteiger partial charge in [0, 0.05) is 0 Å². The van der Waals surface area contributed by atoms with Gasteiger partial charge >= 0.3 is 0 Å². The number of oxime groups is 1. The van der Waals surface area contributed by atoms with Gasteiger partial charge in [-0.1, -0.05) is 5.16 Å². The second-order valence-corrected chi connectivity index (χ2v) is 3.92. The zero-order chi connectivity index (χ0) is 11.9. The third-order valence-corrected chi connectivity index (χ3v) is 2.94. The van der Waals surface area contributed by atoms with E-state index in [-0.39, 0.29) is 35.6 Å². The van der Waals surface area contributed by atoms with Crippen LogP contribution in [0.4, 0.5) is 0 Å². The summed E-state index contributed by atoms with van der Waals surface area (Å²) in [5, 5.41) is 13.9. The maximum atomic E-state index is 11.2. The lowest BCUT2D eigenvalue weighted by molar-refractivity contribution is -0.904. The van der Waals surface area contributed by atoms with Crippen molar-refractivity contribution in [2.24, 2.45) is 5.16 Å². The molecule has 0 spiro atoms. The predicted octanol–water partition coefficient (Wildman–Crippen LogP) is -2.56. The van der Waals surface area contributed by atoms with Gasteiger partial charge in [0.1, 0.15) is 5.71 Å². The van der Waals surface area contributed by atoms with Crippen molar-refractivity contribution in [2.45, 2.75) is 20.8 Å². The molecular formula is C10H22IN3O2. The Morgan fingerprint density at radius 3 is 2.25 bits per heavy atom. The minimum absolute atomic E-state index is 0. The van der Waals surface area contributed by atoms with Crippen LogP contribution in [0.1, 0.15) is 20.8 Å². The Hall–Kier alpha value is -0.370. The molecule has 0 aliphatic rings. The quantitative estimate of drug-likeness (QED) is 0.183. The Morgan fingerprint density at radius 2 is 1.88 bits per heavy atom. The lowest BCUT2D eigenvalue weighted by Crippen LogP contribution is -3.00. The average Bonchev–Trinajstić information content (AvgIpc) is 2.27. The molecule has 2 N–H and O–H groups in total. The number of likely N-dealkylation sites (N-methyl/N-ethyl adjacent to an activating group) is 1. The highest BCUT2D eigenvalue weighted by atomic mass is 127. The minimum Gasteiger partial charge on any atom is -1.00 e. The van der Waals surface area contributed by atoms with Crippen LogP contribution in [0.2, 0.25) is 0 Å². The van der Waals surface area contributed by atoms with Crippen LogP contribution in [-0.4, -0.2) is 54.5 Å². The van der Waals surface area contributed by atoms with Crippen LogP contribution in [0.15, 0.2) is 5.16 Å². The standard InChI is InChI=1S/C10H21N3O2.HI/c1-5-13(4,6-2)8-7-11-10(14)9(3)12-15;/h5-8H2,1-4H3,(H-,11,14,15);1H. The normalized spacial score (nSPS) is 11.9. The molecule has 0 aromatic carbocycles. The van der Waals surface area contributed by atoms with Gasteiger partial charge in [-0.25, -0.2) is 0 Å². The van der Waals surface area contributed by atoms with Gasteiger partial charge < -0.3 is 39.0 Å². The van der Waals surface area contributed by atoms with Gasteiger partial charge in [0.25, 0.3) is 5.91 Å². The molecule has 0 fully saturated rings. The van der Waals surface area contributed by atoms with E-state index in [0.29, 0.717) is 6.54 Å². The second kappa shape index (κ2) is 8.74. The molecule has 16 heavy (non-hydrogen) atoms. The Morgan fingerprint density at radius 1 is 1.38 bits per heavy atom. The van der Waals surface area contributed by atoms with Gasteiger partial charge in [0.2, 0.25) is 0 Å². The topological polar surface area (TPSA) is 61.7 Å². The number of quaternary nitrogens is 1. The van der Waals surface area contributed by atoms with Crippen LogP contribution >= 0.6 is 0 Å². The summed E-state index contributed by atoms with van der Waals surface area (Å²) in [6.07, 6.45) is 0. The Kier molecular flexibility index (Phi) is 9.84. The molecular weight excluding hydrogens is 321 g/mol. The monoisotopic (exact) mass is 343 g/mol. The average molecular weight is 343 g/mol. The van der Waals surface area contributed by atoms with Crippen molar-refractivity contribution in [1.29, 1.82) is 0 Å². The molecule has 0 saturated heterocycles. The number of hydrogen-bond acceptors (Lipinski definition) is 3. The van der Waals surface area contributed by atoms with Gasteiger partial charge in [-0.2, -0.15) is 0 Å². The minimum atomic E-state index is -0.309. The van der Waals surface area contributed by atoms with Gasteiger partial charge in [-0.05, 0) is 20.8 Å². The van der Waals surface area contributed by atoms with E-state index in [2.05, 4.69) is 31.4 Å². The van der Waals surface area contributed by atoms with Crippen LogP contribution in [-0.2, 0) is 4.79 Å². The van der Waals surface area contributed by atoms with Crippen LogP contribution in [0.5, 0.6) is 0 Å². The molecule has 0 atom stereocenters. The first-order chi connectivity index (χ1) is 6.99. The molecule has 0 aromatic rings. The molecule has 0 heterocycles. The number of nitrogens with zero attached hydrogens (tertiary/aromatic N) is 2. The number of nitrogens with one attached hydrogen (secondary N) is 1. The fraction of sp³-hybridized carbons (Fsp3) is 0.800. The van der Waals surface area contributed by atoms with Crippen molar-refractivity contribution in [3.05, 3.63) is 0 Å². The van der Waals surface area contributed by atoms with Gasteiger partial charge in [-0.15, -0.1) is 0 Å². The highest BCUT2D eigenvalue weighted by Crippen LogP contribution is 1.98. The summed E-state index contributed by atoms with van der Waals surface area (Å²) in [6.45, 7) is 9.31. The predicted molar refractivity (Wildman–Crippen MR) is 60.0 cm³/mol. The molecule has 0 rings (SSSR count). The van der Waals surface area contributed by atoms with E-state index in [0.717, 1.165) is 24.1 Å². The third kappa shape index (κ3) is 6.26. The Labute approximate surface area is 114 Å². The highest BCUT2D eigenvalue weighted by Gasteiger charge is 2.16. The summed E-state index contributed by atoms with van der Waals surface area (Å²) in [6, 6.07) is 0. The van der Waals surface area contributed by atoms with E-state index in [1.54, 1.807) is 0 Å². The van der Waals surface area contributed by atoms with E-state index < -0.39 is 0 Å². The number of hydrogen-bond donors (Lipinski definition) is 2. The number of carbonyl (C=O) groups is 1. The van der Waals surface area contributed by atoms with Gasteiger partial charge in [0.15, 0.2) is 0 Å². The maximum absolute atomic E-state index is 11.2. The van der Waals surface area contributed by atoms with Crippen LogP contribution < -0.4 is 29.3 Å². The molecule has 0 aliphatic carbocycles. The summed E-state index contributed by atoms with van der Waals surface area (Å²) in [5.74, 6) is -0.309. The SMILES string of the molecule is CC[N+](C)(CC)CCNC(=O)/C(C)=N/O.[I-]. The molecule has 0 saturated carbocycles. The summed E-state index contributed by atoms with van der Waals surface area (Å²) in [7, 11) is 2.15. The van der Waals surface area contributed by atoms with Crippen molar-refractivity contribution < 1.29 is 38.5 Å². The maximum Gasteiger partial charge on any atom is 0.268 e. The summed E-state index contributed by atoms with van der Waals surface area (Å²) >= 11 is 0. The Bertz CT molecular complexity index is 240. The molecule has 5 nitrogen and oxygen atoms in total. The van der Waals surface area contributed by atoms with Crippen molar-refractivity contribution >= 4 is 11.6 Å². The smallest absolute Gasteiger partial charge is 0.268 e. The first-order valence-corrected chi connectivity index (χ1v) is 5.29. The van der Waals surface area contributed by atoms with Crippen molar-refractivity contribution in [3.8, 4) is 0 Å². The molecule has 0 aliphatic heterocycles. The lowest BCUT2D eigenvalue weighted by Gasteiger charge is -2.32. The lowest BCUT2D eigenvalue weighted by atomic mass is 10.3. The van der Waals surface area contributed by atoms with E-state index in [9.17, 15) is 4.79 Å². The molecule has 0 bridgehead atoms. The molecule has 0 radical (unpaired) electrons. The van der Waals surface area contributed by atoms with E-state index in [1.165, 1.54) is 6.92 Å². The Balaban J connectivity index is 0. The number of amides is 1. The fourth-order valence-electron chi connectivity index (χ4n) is 1.15. The van der Waals surface area contributed by atoms with E-state index in [4.69, 9.17) is 5.21 Å². The largest absolute Gasteiger partial charge is 1.00 e. The number of halogens is 1. The fourth-order valence-corrected chi connectivity index (χ4v) is 1.15. The molecule has 1 amide bonds. The zero-order valence-corrected chi connectivity index (χ0v) is 12.6. The van der Waals surface area contributed by atoms with Gasteiger partial charge in [0.05, 0.1) is 33.2 Å². The van der Waals surface area contributed by atoms with Crippen LogP contribution in [0, 0.1) is 0 Å². The van der Waals surface area contributed by atoms with Crippen LogP contribution in [0.3, 0.4) is 0 Å². The summed E-state index contributed by atoms with van der Waals surface area (Å²) in [4.78, 5) is 11.2. The first kappa shape index (κ1) is 18.0. The van der Waals surface area contributed by atoms with Crippen molar-refractivity contribution in [2.75, 3.05) is 33.2 Å². The first-order valence-electron chi connectivity index (χ1n) is 5.29.